The van der Waals surface area contributed by atoms with Crippen LogP contribution in [0.25, 0.3) is 0 Å². The van der Waals surface area contributed by atoms with Crippen LogP contribution in [-0.4, -0.2) is 35.2 Å². The van der Waals surface area contributed by atoms with Crippen molar-refractivity contribution >= 4 is 29.1 Å². The SMILES string of the molecule is CCCN(CCC)C(=O)C(Cl)CCl. The van der Waals surface area contributed by atoms with Gasteiger partial charge in [0.05, 0.1) is 0 Å². The van der Waals surface area contributed by atoms with Crippen LogP contribution in [-0.2, 0) is 4.79 Å². The molecule has 0 saturated carbocycles. The molecule has 0 aliphatic carbocycles. The zero-order valence-corrected chi connectivity index (χ0v) is 9.74. The Bertz CT molecular complexity index is 147. The van der Waals surface area contributed by atoms with Crippen LogP contribution in [0, 0.1) is 0 Å². The quantitative estimate of drug-likeness (QED) is 0.637. The summed E-state index contributed by atoms with van der Waals surface area (Å²) in [7, 11) is 0. The van der Waals surface area contributed by atoms with Crippen LogP contribution >= 0.6 is 23.2 Å². The first kappa shape index (κ1) is 13.1. The molecule has 0 saturated heterocycles. The Hall–Kier alpha value is 0.0500. The molecule has 4 heteroatoms. The largest absolute Gasteiger partial charge is 0.341 e. The molecule has 1 unspecified atom stereocenters. The molecular formula is C9H17Cl2NO. The molecule has 1 amide bonds. The van der Waals surface area contributed by atoms with Crippen LogP contribution in [0.4, 0.5) is 0 Å². The summed E-state index contributed by atoms with van der Waals surface area (Å²) in [4.78, 5) is 13.3. The molecule has 2 nitrogen and oxygen atoms in total. The minimum Gasteiger partial charge on any atom is -0.341 e. The molecule has 0 aromatic rings. The lowest BCUT2D eigenvalue weighted by atomic mass is 10.3. The predicted molar refractivity (Wildman–Crippen MR) is 57.5 cm³/mol. The standard InChI is InChI=1S/C9H17Cl2NO/c1-3-5-12(6-4-2)9(13)8(11)7-10/h8H,3-7H2,1-2H3. The van der Waals surface area contributed by atoms with Gasteiger partial charge in [0.15, 0.2) is 0 Å². The van der Waals surface area contributed by atoms with E-state index in [4.69, 9.17) is 23.2 Å². The second kappa shape index (κ2) is 7.45. The number of hydrogen-bond donors (Lipinski definition) is 0. The van der Waals surface area contributed by atoms with E-state index in [1.165, 1.54) is 0 Å². The van der Waals surface area contributed by atoms with Crippen molar-refractivity contribution in [1.29, 1.82) is 0 Å². The summed E-state index contributed by atoms with van der Waals surface area (Å²) >= 11 is 11.3. The molecule has 0 aromatic carbocycles. The van der Waals surface area contributed by atoms with Crippen molar-refractivity contribution in [3.63, 3.8) is 0 Å². The van der Waals surface area contributed by atoms with Gasteiger partial charge < -0.3 is 4.90 Å². The molecule has 1 atom stereocenters. The topological polar surface area (TPSA) is 20.3 Å². The van der Waals surface area contributed by atoms with Gasteiger partial charge in [-0.1, -0.05) is 13.8 Å². The highest BCUT2D eigenvalue weighted by atomic mass is 35.5. The van der Waals surface area contributed by atoms with Crippen molar-refractivity contribution in [3.05, 3.63) is 0 Å². The third-order valence-corrected chi connectivity index (χ3v) is 2.51. The van der Waals surface area contributed by atoms with Crippen LogP contribution in [0.15, 0.2) is 0 Å². The lowest BCUT2D eigenvalue weighted by Crippen LogP contribution is -2.38. The van der Waals surface area contributed by atoms with Gasteiger partial charge in [0, 0.05) is 19.0 Å². The van der Waals surface area contributed by atoms with Crippen molar-refractivity contribution in [3.8, 4) is 0 Å². The fraction of sp³-hybridized carbons (Fsp3) is 0.889. The lowest BCUT2D eigenvalue weighted by Gasteiger charge is -2.23. The number of alkyl halides is 2. The highest BCUT2D eigenvalue weighted by Crippen LogP contribution is 2.06. The molecule has 0 N–H and O–H groups in total. The Morgan fingerprint density at radius 1 is 1.31 bits per heavy atom. The van der Waals surface area contributed by atoms with E-state index < -0.39 is 5.38 Å². The number of nitrogens with zero attached hydrogens (tertiary/aromatic N) is 1. The third-order valence-electron chi connectivity index (χ3n) is 1.70. The highest BCUT2D eigenvalue weighted by molar-refractivity contribution is 6.35. The third kappa shape index (κ3) is 4.72. The van der Waals surface area contributed by atoms with E-state index in [0.29, 0.717) is 0 Å². The van der Waals surface area contributed by atoms with Gasteiger partial charge in [0.1, 0.15) is 5.38 Å². The minimum atomic E-state index is -0.570. The molecule has 0 fully saturated rings. The molecule has 13 heavy (non-hydrogen) atoms. The van der Waals surface area contributed by atoms with Crippen LogP contribution < -0.4 is 0 Å². The van der Waals surface area contributed by atoms with Gasteiger partial charge >= 0.3 is 0 Å². The maximum Gasteiger partial charge on any atom is 0.241 e. The molecule has 0 aromatic heterocycles. The number of carbonyl (C=O) groups is 1. The molecule has 0 spiro atoms. The van der Waals surface area contributed by atoms with E-state index >= 15 is 0 Å². The minimum absolute atomic E-state index is 0.0413. The smallest absolute Gasteiger partial charge is 0.241 e. The Morgan fingerprint density at radius 3 is 2.08 bits per heavy atom. The number of hydrogen-bond acceptors (Lipinski definition) is 1. The maximum atomic E-state index is 11.6. The van der Waals surface area contributed by atoms with Crippen molar-refractivity contribution in [1.82, 2.24) is 4.90 Å². The van der Waals surface area contributed by atoms with Crippen LogP contribution in [0.2, 0.25) is 0 Å². The van der Waals surface area contributed by atoms with E-state index in [1.807, 2.05) is 13.8 Å². The summed E-state index contributed by atoms with van der Waals surface area (Å²) < 4.78 is 0. The van der Waals surface area contributed by atoms with E-state index in [1.54, 1.807) is 4.90 Å². The summed E-state index contributed by atoms with van der Waals surface area (Å²) in [5.41, 5.74) is 0. The van der Waals surface area contributed by atoms with Gasteiger partial charge in [-0.2, -0.15) is 0 Å². The molecular weight excluding hydrogens is 209 g/mol. The molecule has 78 valence electrons. The summed E-state index contributed by atoms with van der Waals surface area (Å²) in [5, 5.41) is -0.570. The Morgan fingerprint density at radius 2 is 1.77 bits per heavy atom. The summed E-state index contributed by atoms with van der Waals surface area (Å²) in [5.74, 6) is 0.144. The van der Waals surface area contributed by atoms with Gasteiger partial charge in [-0.25, -0.2) is 0 Å². The van der Waals surface area contributed by atoms with Crippen LogP contribution in [0.3, 0.4) is 0 Å². The number of halogens is 2. The van der Waals surface area contributed by atoms with E-state index in [-0.39, 0.29) is 11.8 Å². The fourth-order valence-corrected chi connectivity index (χ4v) is 1.41. The molecule has 0 heterocycles. The monoisotopic (exact) mass is 225 g/mol. The first-order valence-electron chi connectivity index (χ1n) is 4.66. The van der Waals surface area contributed by atoms with Gasteiger partial charge in [-0.05, 0) is 12.8 Å². The van der Waals surface area contributed by atoms with Crippen LogP contribution in [0.1, 0.15) is 26.7 Å². The summed E-state index contributed by atoms with van der Waals surface area (Å²) in [6, 6.07) is 0. The molecule has 0 bridgehead atoms. The predicted octanol–water partition coefficient (Wildman–Crippen LogP) is 2.48. The molecule has 0 radical (unpaired) electrons. The fourth-order valence-electron chi connectivity index (χ4n) is 1.14. The average Bonchev–Trinajstić information content (AvgIpc) is 2.15. The molecule has 0 aliphatic heterocycles. The zero-order valence-electron chi connectivity index (χ0n) is 8.22. The van der Waals surface area contributed by atoms with Gasteiger partial charge in [-0.3, -0.25) is 4.79 Å². The Balaban J connectivity index is 4.09. The van der Waals surface area contributed by atoms with Crippen molar-refractivity contribution in [2.75, 3.05) is 19.0 Å². The number of amides is 1. The van der Waals surface area contributed by atoms with Crippen molar-refractivity contribution < 1.29 is 4.79 Å². The lowest BCUT2D eigenvalue weighted by molar-refractivity contribution is -0.130. The molecule has 0 rings (SSSR count). The van der Waals surface area contributed by atoms with Crippen LogP contribution in [0.5, 0.6) is 0 Å². The Labute approximate surface area is 90.2 Å². The van der Waals surface area contributed by atoms with Crippen molar-refractivity contribution in [2.45, 2.75) is 32.1 Å². The first-order chi connectivity index (χ1) is 6.17. The Kier molecular flexibility index (Phi) is 7.48. The normalized spacial score (nSPS) is 12.6. The zero-order chi connectivity index (χ0) is 10.3. The van der Waals surface area contributed by atoms with E-state index in [2.05, 4.69) is 0 Å². The van der Waals surface area contributed by atoms with Gasteiger partial charge in [-0.15, -0.1) is 23.2 Å². The van der Waals surface area contributed by atoms with Gasteiger partial charge in [0.2, 0.25) is 5.91 Å². The van der Waals surface area contributed by atoms with E-state index in [9.17, 15) is 4.79 Å². The average molecular weight is 226 g/mol. The first-order valence-corrected chi connectivity index (χ1v) is 5.63. The second-order valence-corrected chi connectivity index (χ2v) is 3.78. The maximum absolute atomic E-state index is 11.6. The summed E-state index contributed by atoms with van der Waals surface area (Å²) in [6.07, 6.45) is 1.91. The van der Waals surface area contributed by atoms with E-state index in [0.717, 1.165) is 25.9 Å². The van der Waals surface area contributed by atoms with Gasteiger partial charge in [0.25, 0.3) is 0 Å². The highest BCUT2D eigenvalue weighted by Gasteiger charge is 2.19. The van der Waals surface area contributed by atoms with Crippen molar-refractivity contribution in [2.24, 2.45) is 0 Å². The number of rotatable bonds is 6. The second-order valence-electron chi connectivity index (χ2n) is 2.95. The summed E-state index contributed by atoms with van der Waals surface area (Å²) in [6.45, 7) is 5.62. The molecule has 0 aliphatic rings. The number of carbonyl (C=O) groups excluding carboxylic acids is 1.